The van der Waals surface area contributed by atoms with Crippen LogP contribution >= 0.6 is 0 Å². The number of nitrogens with zero attached hydrogens (tertiary/aromatic N) is 3. The van der Waals surface area contributed by atoms with Crippen molar-refractivity contribution in [2.75, 3.05) is 13.6 Å². The number of aromatic nitrogens is 3. The van der Waals surface area contributed by atoms with Crippen molar-refractivity contribution < 1.29 is 9.90 Å². The molecular formula is C10H18N4O2. The lowest BCUT2D eigenvalue weighted by Gasteiger charge is -2.24. The van der Waals surface area contributed by atoms with Gasteiger partial charge in [-0.15, -0.1) is 5.10 Å². The third kappa shape index (κ3) is 3.30. The molecule has 0 radical (unpaired) electrons. The van der Waals surface area contributed by atoms with Gasteiger partial charge in [0.15, 0.2) is 0 Å². The highest BCUT2D eigenvalue weighted by atomic mass is 16.3. The number of likely N-dealkylation sites (N-methyl/N-ethyl adjacent to an activating group) is 1. The van der Waals surface area contributed by atoms with Crippen molar-refractivity contribution in [3.63, 3.8) is 0 Å². The molecule has 2 N–H and O–H groups in total. The lowest BCUT2D eigenvalue weighted by atomic mass is 10.1. The average Bonchev–Trinajstić information content (AvgIpc) is 2.61. The van der Waals surface area contributed by atoms with E-state index in [4.69, 9.17) is 0 Å². The molecule has 16 heavy (non-hydrogen) atoms. The van der Waals surface area contributed by atoms with E-state index in [0.29, 0.717) is 12.2 Å². The molecule has 6 heteroatoms. The smallest absolute Gasteiger partial charge is 0.293 e. The number of aliphatic hydroxyl groups is 1. The van der Waals surface area contributed by atoms with Crippen LogP contribution in [-0.4, -0.2) is 50.3 Å². The molecule has 0 saturated heterocycles. The van der Waals surface area contributed by atoms with E-state index in [1.165, 1.54) is 4.90 Å². The number of aryl methyl sites for hydroxylation is 1. The van der Waals surface area contributed by atoms with Gasteiger partial charge in [-0.2, -0.15) is 0 Å². The molecule has 0 aliphatic heterocycles. The van der Waals surface area contributed by atoms with Gasteiger partial charge < -0.3 is 10.0 Å². The fourth-order valence-electron chi connectivity index (χ4n) is 1.37. The molecular weight excluding hydrogens is 208 g/mol. The molecule has 1 amide bonds. The van der Waals surface area contributed by atoms with Crippen molar-refractivity contribution in [3.05, 3.63) is 11.6 Å². The van der Waals surface area contributed by atoms with Gasteiger partial charge in [0.1, 0.15) is 5.82 Å². The van der Waals surface area contributed by atoms with Gasteiger partial charge >= 0.3 is 0 Å². The van der Waals surface area contributed by atoms with Crippen molar-refractivity contribution in [1.82, 2.24) is 20.1 Å². The quantitative estimate of drug-likeness (QED) is 0.769. The van der Waals surface area contributed by atoms with Gasteiger partial charge in [-0.05, 0) is 13.8 Å². The van der Waals surface area contributed by atoms with Crippen LogP contribution in [0.15, 0.2) is 0 Å². The molecule has 1 aromatic rings. The van der Waals surface area contributed by atoms with Crippen LogP contribution in [-0.2, 0) is 6.42 Å². The van der Waals surface area contributed by atoms with Crippen LogP contribution in [0.2, 0.25) is 0 Å². The minimum atomic E-state index is -0.922. The lowest BCUT2D eigenvalue weighted by Crippen LogP contribution is -2.40. The molecule has 0 spiro atoms. The van der Waals surface area contributed by atoms with Gasteiger partial charge in [0.2, 0.25) is 5.82 Å². The Hall–Kier alpha value is -1.43. The van der Waals surface area contributed by atoms with E-state index in [1.807, 2.05) is 6.92 Å². The predicted molar refractivity (Wildman–Crippen MR) is 59.0 cm³/mol. The Morgan fingerprint density at radius 3 is 2.62 bits per heavy atom. The molecule has 0 aliphatic rings. The minimum absolute atomic E-state index is 0.142. The molecule has 1 aromatic heterocycles. The number of carbonyl (C=O) groups is 1. The summed E-state index contributed by atoms with van der Waals surface area (Å²) >= 11 is 0. The number of hydrogen-bond donors (Lipinski definition) is 2. The van der Waals surface area contributed by atoms with E-state index in [-0.39, 0.29) is 18.3 Å². The average molecular weight is 226 g/mol. The number of hydrogen-bond acceptors (Lipinski definition) is 4. The van der Waals surface area contributed by atoms with Crippen molar-refractivity contribution in [3.8, 4) is 0 Å². The summed E-state index contributed by atoms with van der Waals surface area (Å²) in [5.41, 5.74) is -0.922. The summed E-state index contributed by atoms with van der Waals surface area (Å²) in [6.07, 6.45) is 0.704. The third-order valence-corrected chi connectivity index (χ3v) is 2.03. The van der Waals surface area contributed by atoms with Gasteiger partial charge in [-0.25, -0.2) is 4.98 Å². The molecule has 6 nitrogen and oxygen atoms in total. The largest absolute Gasteiger partial charge is 0.389 e. The summed E-state index contributed by atoms with van der Waals surface area (Å²) in [5.74, 6) is 0.529. The van der Waals surface area contributed by atoms with Gasteiger partial charge in [0, 0.05) is 20.0 Å². The number of carbonyl (C=O) groups excluding carboxylic acids is 1. The maximum absolute atomic E-state index is 11.8. The number of rotatable bonds is 4. The molecule has 90 valence electrons. The van der Waals surface area contributed by atoms with Crippen LogP contribution in [0, 0.1) is 0 Å². The van der Waals surface area contributed by atoms with Crippen molar-refractivity contribution >= 4 is 5.91 Å². The van der Waals surface area contributed by atoms with Crippen molar-refractivity contribution in [1.29, 1.82) is 0 Å². The summed E-state index contributed by atoms with van der Waals surface area (Å²) in [5, 5.41) is 16.1. The Morgan fingerprint density at radius 2 is 2.19 bits per heavy atom. The molecule has 0 aromatic carbocycles. The first-order valence-electron chi connectivity index (χ1n) is 5.22. The second-order valence-electron chi connectivity index (χ2n) is 4.43. The monoisotopic (exact) mass is 226 g/mol. The fraction of sp³-hybridized carbons (Fsp3) is 0.700. The van der Waals surface area contributed by atoms with Crippen LogP contribution in [0.4, 0.5) is 0 Å². The third-order valence-electron chi connectivity index (χ3n) is 2.03. The Labute approximate surface area is 94.7 Å². The van der Waals surface area contributed by atoms with Crippen LogP contribution < -0.4 is 0 Å². The molecule has 1 rings (SSSR count). The highest BCUT2D eigenvalue weighted by Gasteiger charge is 2.22. The number of H-pyrrole nitrogens is 1. The first-order chi connectivity index (χ1) is 7.33. The highest BCUT2D eigenvalue weighted by molar-refractivity contribution is 5.90. The minimum Gasteiger partial charge on any atom is -0.389 e. The highest BCUT2D eigenvalue weighted by Crippen LogP contribution is 2.06. The van der Waals surface area contributed by atoms with Crippen molar-refractivity contribution in [2.45, 2.75) is 32.8 Å². The van der Waals surface area contributed by atoms with E-state index >= 15 is 0 Å². The van der Waals surface area contributed by atoms with Crippen molar-refractivity contribution in [2.24, 2.45) is 0 Å². The summed E-state index contributed by atoms with van der Waals surface area (Å²) in [4.78, 5) is 17.3. The molecule has 0 saturated carbocycles. The zero-order valence-electron chi connectivity index (χ0n) is 10.1. The van der Waals surface area contributed by atoms with Gasteiger partial charge in [0.05, 0.1) is 5.60 Å². The first kappa shape index (κ1) is 12.6. The topological polar surface area (TPSA) is 82.1 Å². The number of amides is 1. The maximum atomic E-state index is 11.8. The first-order valence-corrected chi connectivity index (χ1v) is 5.22. The summed E-state index contributed by atoms with van der Waals surface area (Å²) in [6, 6.07) is 0. The Kier molecular flexibility index (Phi) is 3.64. The lowest BCUT2D eigenvalue weighted by molar-refractivity contribution is 0.0362. The zero-order valence-corrected chi connectivity index (χ0v) is 10.1. The van der Waals surface area contributed by atoms with Gasteiger partial charge in [0.25, 0.3) is 5.91 Å². The summed E-state index contributed by atoms with van der Waals surface area (Å²) < 4.78 is 0. The summed E-state index contributed by atoms with van der Waals surface area (Å²) in [6.45, 7) is 5.45. The Bertz CT molecular complexity index is 367. The predicted octanol–water partition coefficient (Wildman–Crippen LogP) is 0.210. The number of aromatic amines is 1. The normalized spacial score (nSPS) is 11.6. The maximum Gasteiger partial charge on any atom is 0.293 e. The van der Waals surface area contributed by atoms with Crippen LogP contribution in [0.25, 0.3) is 0 Å². The SMILES string of the molecule is CCc1nc(C(=O)N(C)CC(C)(C)O)n[nH]1. The molecule has 0 bridgehead atoms. The molecule has 0 fully saturated rings. The number of nitrogens with one attached hydrogen (secondary N) is 1. The summed E-state index contributed by atoms with van der Waals surface area (Å²) in [7, 11) is 1.61. The van der Waals surface area contributed by atoms with Gasteiger partial charge in [-0.3, -0.25) is 9.89 Å². The van der Waals surface area contributed by atoms with E-state index < -0.39 is 5.60 Å². The Morgan fingerprint density at radius 1 is 1.56 bits per heavy atom. The molecule has 0 atom stereocenters. The van der Waals surface area contributed by atoms with Gasteiger partial charge in [-0.1, -0.05) is 6.92 Å². The zero-order chi connectivity index (χ0) is 12.3. The molecule has 0 unspecified atom stereocenters. The van der Waals surface area contributed by atoms with Crippen LogP contribution in [0.5, 0.6) is 0 Å². The molecule has 0 aliphatic carbocycles. The second-order valence-corrected chi connectivity index (χ2v) is 4.43. The van der Waals surface area contributed by atoms with E-state index in [1.54, 1.807) is 20.9 Å². The Balaban J connectivity index is 2.70. The van der Waals surface area contributed by atoms with E-state index in [0.717, 1.165) is 0 Å². The van der Waals surface area contributed by atoms with E-state index in [9.17, 15) is 9.90 Å². The second kappa shape index (κ2) is 4.61. The van der Waals surface area contributed by atoms with Crippen LogP contribution in [0.1, 0.15) is 37.2 Å². The standard InChI is InChI=1S/C10H18N4O2/c1-5-7-11-8(13-12-7)9(15)14(4)6-10(2,3)16/h16H,5-6H2,1-4H3,(H,11,12,13). The fourth-order valence-corrected chi connectivity index (χ4v) is 1.37. The molecule has 1 heterocycles. The van der Waals surface area contributed by atoms with Crippen LogP contribution in [0.3, 0.4) is 0 Å². The van der Waals surface area contributed by atoms with E-state index in [2.05, 4.69) is 15.2 Å².